The van der Waals surface area contributed by atoms with Crippen molar-refractivity contribution in [1.29, 1.82) is 0 Å². The molecule has 7 heteroatoms. The lowest BCUT2D eigenvalue weighted by molar-refractivity contribution is 0.0702. The SMILES string of the molecule is O=C(O)c1cc2sc(=O)n(-c3cccc(Cl)c3)c2s1. The summed E-state index contributed by atoms with van der Waals surface area (Å²) in [5, 5.41) is 9.51. The van der Waals surface area contributed by atoms with Crippen LogP contribution in [0.3, 0.4) is 0 Å². The third-order valence-corrected chi connectivity index (χ3v) is 4.90. The van der Waals surface area contributed by atoms with Gasteiger partial charge in [0.1, 0.15) is 9.71 Å². The highest BCUT2D eigenvalue weighted by atomic mass is 35.5. The van der Waals surface area contributed by atoms with E-state index in [2.05, 4.69) is 0 Å². The Kier molecular flexibility index (Phi) is 2.93. The van der Waals surface area contributed by atoms with Gasteiger partial charge in [0, 0.05) is 5.02 Å². The number of fused-ring (bicyclic) bond motifs is 1. The van der Waals surface area contributed by atoms with Crippen molar-refractivity contribution in [3.8, 4) is 5.69 Å². The van der Waals surface area contributed by atoms with Crippen molar-refractivity contribution in [3.05, 3.63) is 49.9 Å². The molecule has 19 heavy (non-hydrogen) atoms. The highest BCUT2D eigenvalue weighted by Crippen LogP contribution is 2.30. The Balaban J connectivity index is 2.30. The van der Waals surface area contributed by atoms with E-state index in [9.17, 15) is 9.59 Å². The fourth-order valence-corrected chi connectivity index (χ4v) is 4.07. The van der Waals surface area contributed by atoms with Crippen LogP contribution in [0.15, 0.2) is 35.1 Å². The molecule has 3 aromatic rings. The number of aromatic nitrogens is 1. The number of carboxylic acids is 1. The number of hydrogen-bond donors (Lipinski definition) is 1. The van der Waals surface area contributed by atoms with Gasteiger partial charge in [-0.25, -0.2) is 4.79 Å². The standard InChI is InChI=1S/C12H6ClNO3S2/c13-6-2-1-3-7(4-6)14-10-8(19-12(14)17)5-9(18-10)11(15)16/h1-5H,(H,15,16). The van der Waals surface area contributed by atoms with Crippen molar-refractivity contribution in [2.45, 2.75) is 0 Å². The zero-order valence-corrected chi connectivity index (χ0v) is 11.7. The second-order valence-electron chi connectivity index (χ2n) is 3.77. The van der Waals surface area contributed by atoms with Crippen LogP contribution in [-0.2, 0) is 0 Å². The lowest BCUT2D eigenvalue weighted by Crippen LogP contribution is -2.09. The molecular weight excluding hydrogens is 306 g/mol. The van der Waals surface area contributed by atoms with Gasteiger partial charge in [-0.3, -0.25) is 9.36 Å². The van der Waals surface area contributed by atoms with Gasteiger partial charge >= 0.3 is 10.8 Å². The molecular formula is C12H6ClNO3S2. The number of nitrogens with zero attached hydrogens (tertiary/aromatic N) is 1. The van der Waals surface area contributed by atoms with Gasteiger partial charge in [0.05, 0.1) is 10.4 Å². The van der Waals surface area contributed by atoms with E-state index >= 15 is 0 Å². The van der Waals surface area contributed by atoms with Crippen molar-refractivity contribution in [2.24, 2.45) is 0 Å². The van der Waals surface area contributed by atoms with Crippen LogP contribution < -0.4 is 4.87 Å². The van der Waals surface area contributed by atoms with Crippen LogP contribution in [0.1, 0.15) is 9.67 Å². The first-order chi connectivity index (χ1) is 9.06. The zero-order chi connectivity index (χ0) is 13.6. The van der Waals surface area contributed by atoms with Crippen LogP contribution in [0.25, 0.3) is 15.2 Å². The van der Waals surface area contributed by atoms with Crippen molar-refractivity contribution in [1.82, 2.24) is 4.57 Å². The third-order valence-electron chi connectivity index (χ3n) is 2.54. The molecule has 3 rings (SSSR count). The first kappa shape index (κ1) is 12.4. The highest BCUT2D eigenvalue weighted by Gasteiger charge is 2.16. The monoisotopic (exact) mass is 311 g/mol. The van der Waals surface area contributed by atoms with Gasteiger partial charge < -0.3 is 5.11 Å². The van der Waals surface area contributed by atoms with Crippen LogP contribution in [-0.4, -0.2) is 15.6 Å². The van der Waals surface area contributed by atoms with Gasteiger partial charge in [-0.1, -0.05) is 29.0 Å². The van der Waals surface area contributed by atoms with Gasteiger partial charge in [-0.05, 0) is 24.3 Å². The Hall–Kier alpha value is -1.63. The number of rotatable bonds is 2. The maximum atomic E-state index is 12.0. The quantitative estimate of drug-likeness (QED) is 0.788. The van der Waals surface area contributed by atoms with Crippen molar-refractivity contribution >= 4 is 49.8 Å². The predicted molar refractivity (Wildman–Crippen MR) is 77.3 cm³/mol. The van der Waals surface area contributed by atoms with Gasteiger partial charge in [-0.15, -0.1) is 11.3 Å². The van der Waals surface area contributed by atoms with Crippen LogP contribution in [0.4, 0.5) is 0 Å². The van der Waals surface area contributed by atoms with Crippen molar-refractivity contribution in [3.63, 3.8) is 0 Å². The largest absolute Gasteiger partial charge is 0.477 e. The molecule has 0 aliphatic rings. The summed E-state index contributed by atoms with van der Waals surface area (Å²) in [5.41, 5.74) is 0.641. The summed E-state index contributed by atoms with van der Waals surface area (Å²) < 4.78 is 2.16. The zero-order valence-electron chi connectivity index (χ0n) is 9.29. The summed E-state index contributed by atoms with van der Waals surface area (Å²) in [7, 11) is 0. The van der Waals surface area contributed by atoms with E-state index in [-0.39, 0.29) is 9.75 Å². The number of hydrogen-bond acceptors (Lipinski definition) is 4. The van der Waals surface area contributed by atoms with E-state index < -0.39 is 5.97 Å². The minimum Gasteiger partial charge on any atom is -0.477 e. The topological polar surface area (TPSA) is 59.3 Å². The van der Waals surface area contributed by atoms with Gasteiger partial charge in [-0.2, -0.15) is 0 Å². The molecule has 1 N–H and O–H groups in total. The Morgan fingerprint density at radius 2 is 2.05 bits per heavy atom. The summed E-state index contributed by atoms with van der Waals surface area (Å²) in [5.74, 6) is -0.988. The maximum absolute atomic E-state index is 12.0. The Labute approximate surface area is 120 Å². The number of thiazole rings is 1. The molecule has 0 bridgehead atoms. The lowest BCUT2D eigenvalue weighted by atomic mass is 10.3. The van der Waals surface area contributed by atoms with Crippen LogP contribution in [0.5, 0.6) is 0 Å². The van der Waals surface area contributed by atoms with E-state index in [1.54, 1.807) is 24.3 Å². The Morgan fingerprint density at radius 1 is 1.26 bits per heavy atom. The number of carbonyl (C=O) groups is 1. The summed E-state index contributed by atoms with van der Waals surface area (Å²) >= 11 is 8.03. The molecule has 0 aliphatic heterocycles. The average Bonchev–Trinajstić information content (AvgIpc) is 2.85. The lowest BCUT2D eigenvalue weighted by Gasteiger charge is -2.01. The Morgan fingerprint density at radius 3 is 2.74 bits per heavy atom. The van der Waals surface area contributed by atoms with Crippen molar-refractivity contribution < 1.29 is 9.90 Å². The van der Waals surface area contributed by atoms with Crippen LogP contribution >= 0.6 is 34.3 Å². The summed E-state index contributed by atoms with van der Waals surface area (Å²) in [6.45, 7) is 0. The van der Waals surface area contributed by atoms with Crippen molar-refractivity contribution in [2.75, 3.05) is 0 Å². The fourth-order valence-electron chi connectivity index (χ4n) is 1.76. The smallest absolute Gasteiger partial charge is 0.345 e. The number of aromatic carboxylic acids is 1. The second kappa shape index (κ2) is 4.48. The molecule has 4 nitrogen and oxygen atoms in total. The summed E-state index contributed by atoms with van der Waals surface area (Å²) in [6.07, 6.45) is 0. The number of carboxylic acid groups (broad SMARTS) is 1. The first-order valence-electron chi connectivity index (χ1n) is 5.21. The van der Waals surface area contributed by atoms with E-state index in [0.29, 0.717) is 20.2 Å². The fraction of sp³-hybridized carbons (Fsp3) is 0. The second-order valence-corrected chi connectivity index (χ2v) is 6.23. The summed E-state index contributed by atoms with van der Waals surface area (Å²) in [6, 6.07) is 8.43. The van der Waals surface area contributed by atoms with E-state index in [1.807, 2.05) is 0 Å². The Bertz CT molecular complexity index is 846. The highest BCUT2D eigenvalue weighted by molar-refractivity contribution is 7.27. The molecule has 0 unspecified atom stereocenters. The maximum Gasteiger partial charge on any atom is 0.345 e. The molecule has 1 aromatic carbocycles. The number of benzene rings is 1. The van der Waals surface area contributed by atoms with E-state index in [4.69, 9.17) is 16.7 Å². The minimum absolute atomic E-state index is 0.152. The minimum atomic E-state index is -0.988. The molecule has 2 aromatic heterocycles. The van der Waals surface area contributed by atoms with Gasteiger partial charge in [0.15, 0.2) is 0 Å². The molecule has 0 amide bonds. The molecule has 96 valence electrons. The van der Waals surface area contributed by atoms with Crippen LogP contribution in [0.2, 0.25) is 5.02 Å². The molecule has 0 saturated heterocycles. The van der Waals surface area contributed by atoms with E-state index in [0.717, 1.165) is 22.7 Å². The molecule has 2 heterocycles. The summed E-state index contributed by atoms with van der Waals surface area (Å²) in [4.78, 5) is 23.7. The van der Waals surface area contributed by atoms with Gasteiger partial charge in [0.2, 0.25) is 0 Å². The predicted octanol–water partition coefficient (Wildman–Crippen LogP) is 3.47. The third kappa shape index (κ3) is 2.07. The normalized spacial score (nSPS) is 11.0. The van der Waals surface area contributed by atoms with Gasteiger partial charge in [0.25, 0.3) is 0 Å². The van der Waals surface area contributed by atoms with Crippen LogP contribution in [0, 0.1) is 0 Å². The molecule has 0 radical (unpaired) electrons. The van der Waals surface area contributed by atoms with E-state index in [1.165, 1.54) is 10.6 Å². The molecule has 0 aliphatic carbocycles. The number of halogens is 1. The average molecular weight is 312 g/mol. The first-order valence-corrected chi connectivity index (χ1v) is 7.22. The number of thiophene rings is 1. The molecule has 0 saturated carbocycles. The molecule has 0 fully saturated rings. The molecule has 0 spiro atoms. The molecule has 0 atom stereocenters.